The van der Waals surface area contributed by atoms with Crippen LogP contribution in [0.25, 0.3) is 0 Å². The number of esters is 1. The van der Waals surface area contributed by atoms with Crippen molar-refractivity contribution in [3.63, 3.8) is 0 Å². The standard InChI is InChI=1S/C12H15NO3/c1-3-16-12(15)9-7-13(2)11-8(9)5-4-6-10(11)14/h7H,3-6H2,1-2H3. The molecule has 1 aromatic heterocycles. The van der Waals surface area contributed by atoms with Gasteiger partial charge in [0.1, 0.15) is 0 Å². The number of rotatable bonds is 2. The Hall–Kier alpha value is -1.58. The smallest absolute Gasteiger partial charge is 0.339 e. The first kappa shape index (κ1) is 10.9. The minimum atomic E-state index is -0.325. The average Bonchev–Trinajstić information content (AvgIpc) is 2.58. The summed E-state index contributed by atoms with van der Waals surface area (Å²) in [5, 5.41) is 0. The fraction of sp³-hybridized carbons (Fsp3) is 0.500. The Kier molecular flexibility index (Phi) is 2.81. The van der Waals surface area contributed by atoms with E-state index in [2.05, 4.69) is 0 Å². The number of carbonyl (C=O) groups excluding carboxylic acids is 2. The van der Waals surface area contributed by atoms with Gasteiger partial charge in [-0.2, -0.15) is 0 Å². The Morgan fingerprint density at radius 1 is 1.50 bits per heavy atom. The summed E-state index contributed by atoms with van der Waals surface area (Å²) in [6.45, 7) is 2.13. The van der Waals surface area contributed by atoms with E-state index in [9.17, 15) is 9.59 Å². The van der Waals surface area contributed by atoms with E-state index in [0.717, 1.165) is 18.4 Å². The third kappa shape index (κ3) is 1.64. The van der Waals surface area contributed by atoms with Gasteiger partial charge in [0.2, 0.25) is 0 Å². The highest BCUT2D eigenvalue weighted by Crippen LogP contribution is 2.26. The van der Waals surface area contributed by atoms with Gasteiger partial charge >= 0.3 is 5.97 Å². The Bertz CT molecular complexity index is 445. The third-order valence-corrected chi connectivity index (χ3v) is 2.88. The molecule has 0 atom stereocenters. The molecule has 0 bridgehead atoms. The van der Waals surface area contributed by atoms with Gasteiger partial charge in [-0.25, -0.2) is 4.79 Å². The van der Waals surface area contributed by atoms with Crippen LogP contribution in [0.15, 0.2) is 6.20 Å². The molecule has 0 aromatic carbocycles. The number of nitrogens with zero attached hydrogens (tertiary/aromatic N) is 1. The van der Waals surface area contributed by atoms with Crippen LogP contribution in [0, 0.1) is 0 Å². The van der Waals surface area contributed by atoms with Crippen LogP contribution in [0.1, 0.15) is 46.2 Å². The van der Waals surface area contributed by atoms with Crippen LogP contribution in [0.3, 0.4) is 0 Å². The lowest BCUT2D eigenvalue weighted by atomic mass is 9.94. The Morgan fingerprint density at radius 3 is 2.94 bits per heavy atom. The van der Waals surface area contributed by atoms with Crippen LogP contribution in [-0.4, -0.2) is 22.9 Å². The van der Waals surface area contributed by atoms with Crippen LogP contribution < -0.4 is 0 Å². The molecule has 0 saturated heterocycles. The summed E-state index contributed by atoms with van der Waals surface area (Å²) >= 11 is 0. The van der Waals surface area contributed by atoms with Crippen LogP contribution in [0.4, 0.5) is 0 Å². The highest BCUT2D eigenvalue weighted by atomic mass is 16.5. The molecule has 16 heavy (non-hydrogen) atoms. The number of aromatic nitrogens is 1. The first-order valence-corrected chi connectivity index (χ1v) is 5.53. The minimum absolute atomic E-state index is 0.124. The van der Waals surface area contributed by atoms with E-state index in [-0.39, 0.29) is 11.8 Å². The lowest BCUT2D eigenvalue weighted by molar-refractivity contribution is 0.0525. The van der Waals surface area contributed by atoms with E-state index >= 15 is 0 Å². The van der Waals surface area contributed by atoms with Gasteiger partial charge in [-0.05, 0) is 25.3 Å². The second-order valence-corrected chi connectivity index (χ2v) is 3.98. The highest BCUT2D eigenvalue weighted by molar-refractivity contribution is 6.02. The number of Topliss-reactive ketones (excluding diaryl/α,β-unsaturated/α-hetero) is 1. The molecule has 1 aliphatic carbocycles. The molecule has 0 radical (unpaired) electrons. The zero-order valence-corrected chi connectivity index (χ0v) is 9.58. The minimum Gasteiger partial charge on any atom is -0.462 e. The Morgan fingerprint density at radius 2 is 2.25 bits per heavy atom. The van der Waals surface area contributed by atoms with Crippen molar-refractivity contribution in [2.24, 2.45) is 7.05 Å². The molecule has 1 heterocycles. The molecule has 4 heteroatoms. The molecule has 0 spiro atoms. The van der Waals surface area contributed by atoms with Crippen molar-refractivity contribution >= 4 is 11.8 Å². The molecule has 0 unspecified atom stereocenters. The Labute approximate surface area is 94.2 Å². The van der Waals surface area contributed by atoms with E-state index in [0.29, 0.717) is 24.3 Å². The number of hydrogen-bond acceptors (Lipinski definition) is 3. The van der Waals surface area contributed by atoms with Crippen molar-refractivity contribution in [1.82, 2.24) is 4.57 Å². The van der Waals surface area contributed by atoms with Crippen LogP contribution in [0.2, 0.25) is 0 Å². The van der Waals surface area contributed by atoms with Gasteiger partial charge in [-0.1, -0.05) is 0 Å². The van der Waals surface area contributed by atoms with Gasteiger partial charge in [0.15, 0.2) is 5.78 Å². The maximum absolute atomic E-state index is 11.7. The molecular weight excluding hydrogens is 206 g/mol. The summed E-state index contributed by atoms with van der Waals surface area (Å²) in [4.78, 5) is 23.4. The first-order chi connectivity index (χ1) is 7.65. The van der Waals surface area contributed by atoms with Crippen LogP contribution in [-0.2, 0) is 18.2 Å². The summed E-state index contributed by atoms with van der Waals surface area (Å²) in [5.74, 6) is -0.201. The summed E-state index contributed by atoms with van der Waals surface area (Å²) in [7, 11) is 1.80. The van der Waals surface area contributed by atoms with Gasteiger partial charge in [0.25, 0.3) is 0 Å². The van der Waals surface area contributed by atoms with E-state index in [1.165, 1.54) is 0 Å². The van der Waals surface area contributed by atoms with Crippen molar-refractivity contribution in [1.29, 1.82) is 0 Å². The normalized spacial score (nSPS) is 14.8. The van der Waals surface area contributed by atoms with Crippen molar-refractivity contribution in [3.8, 4) is 0 Å². The first-order valence-electron chi connectivity index (χ1n) is 5.53. The number of carbonyl (C=O) groups is 2. The summed E-state index contributed by atoms with van der Waals surface area (Å²) in [6, 6.07) is 0. The second-order valence-electron chi connectivity index (χ2n) is 3.98. The van der Waals surface area contributed by atoms with Crippen molar-refractivity contribution in [2.45, 2.75) is 26.2 Å². The second kappa shape index (κ2) is 4.12. The van der Waals surface area contributed by atoms with Crippen molar-refractivity contribution < 1.29 is 14.3 Å². The topological polar surface area (TPSA) is 48.3 Å². The van der Waals surface area contributed by atoms with Crippen LogP contribution in [0.5, 0.6) is 0 Å². The molecule has 0 saturated carbocycles. The third-order valence-electron chi connectivity index (χ3n) is 2.88. The average molecular weight is 221 g/mol. The molecule has 0 amide bonds. The van der Waals surface area contributed by atoms with Gasteiger partial charge < -0.3 is 9.30 Å². The Balaban J connectivity index is 2.45. The molecule has 4 nitrogen and oxygen atoms in total. The zero-order chi connectivity index (χ0) is 11.7. The molecule has 0 N–H and O–H groups in total. The fourth-order valence-corrected chi connectivity index (χ4v) is 2.22. The maximum atomic E-state index is 11.7. The largest absolute Gasteiger partial charge is 0.462 e. The van der Waals surface area contributed by atoms with Crippen LogP contribution >= 0.6 is 0 Å². The summed E-state index contributed by atoms with van der Waals surface area (Å²) in [6.07, 6.45) is 3.89. The van der Waals surface area contributed by atoms with Crippen molar-refractivity contribution in [2.75, 3.05) is 6.61 Å². The number of hydrogen-bond donors (Lipinski definition) is 0. The lowest BCUT2D eigenvalue weighted by Gasteiger charge is -2.12. The molecule has 0 fully saturated rings. The molecule has 1 aromatic rings. The monoisotopic (exact) mass is 221 g/mol. The van der Waals surface area contributed by atoms with E-state index in [1.54, 1.807) is 24.7 Å². The maximum Gasteiger partial charge on any atom is 0.339 e. The SMILES string of the molecule is CCOC(=O)c1cn(C)c2c1CCCC2=O. The number of fused-ring (bicyclic) bond motifs is 1. The van der Waals surface area contributed by atoms with Gasteiger partial charge in [0.05, 0.1) is 17.9 Å². The van der Waals surface area contributed by atoms with E-state index < -0.39 is 0 Å². The number of ether oxygens (including phenoxy) is 1. The van der Waals surface area contributed by atoms with Gasteiger partial charge in [-0.15, -0.1) is 0 Å². The molecule has 0 aliphatic heterocycles. The lowest BCUT2D eigenvalue weighted by Crippen LogP contribution is -2.15. The van der Waals surface area contributed by atoms with Crippen molar-refractivity contribution in [3.05, 3.63) is 23.0 Å². The van der Waals surface area contributed by atoms with Gasteiger partial charge in [0, 0.05) is 19.7 Å². The quantitative estimate of drug-likeness (QED) is 0.714. The number of ketones is 1. The molecule has 86 valence electrons. The molecule has 1 aliphatic rings. The number of aryl methyl sites for hydroxylation is 1. The van der Waals surface area contributed by atoms with E-state index in [4.69, 9.17) is 4.74 Å². The van der Waals surface area contributed by atoms with E-state index in [1.807, 2.05) is 0 Å². The fourth-order valence-electron chi connectivity index (χ4n) is 2.22. The predicted octanol–water partition coefficient (Wildman–Crippen LogP) is 1.72. The van der Waals surface area contributed by atoms with Gasteiger partial charge in [-0.3, -0.25) is 4.79 Å². The summed E-state index contributed by atoms with van der Waals surface area (Å²) < 4.78 is 6.72. The zero-order valence-electron chi connectivity index (χ0n) is 9.58. The predicted molar refractivity (Wildman–Crippen MR) is 58.6 cm³/mol. The molecular formula is C12H15NO3. The summed E-state index contributed by atoms with van der Waals surface area (Å²) in [5.41, 5.74) is 2.08. The molecule has 2 rings (SSSR count). The highest BCUT2D eigenvalue weighted by Gasteiger charge is 2.27.